The predicted molar refractivity (Wildman–Crippen MR) is 89.1 cm³/mol. The highest BCUT2D eigenvalue weighted by molar-refractivity contribution is 6.12. The monoisotopic (exact) mass is 323 g/mol. The molecule has 0 aromatic heterocycles. The lowest BCUT2D eigenvalue weighted by Crippen LogP contribution is -2.05. The third kappa shape index (κ3) is 3.57. The number of nitrogens with zero attached hydrogens (tertiary/aromatic N) is 1. The van der Waals surface area contributed by atoms with Gasteiger partial charge in [0.1, 0.15) is 18.2 Å². The van der Waals surface area contributed by atoms with Gasteiger partial charge in [0.25, 0.3) is 0 Å². The van der Waals surface area contributed by atoms with Gasteiger partial charge < -0.3 is 9.47 Å². The van der Waals surface area contributed by atoms with Crippen LogP contribution in [-0.2, 0) is 9.53 Å². The van der Waals surface area contributed by atoms with Crippen molar-refractivity contribution >= 4 is 17.9 Å². The second-order valence-electron chi connectivity index (χ2n) is 5.02. The van der Waals surface area contributed by atoms with Gasteiger partial charge in [-0.1, -0.05) is 30.9 Å². The zero-order valence-electron chi connectivity index (χ0n) is 12.7. The van der Waals surface area contributed by atoms with Gasteiger partial charge >= 0.3 is 5.97 Å². The maximum absolute atomic E-state index is 13.3. The molecule has 120 valence electrons. The first kappa shape index (κ1) is 15.7. The van der Waals surface area contributed by atoms with Gasteiger partial charge in [0.05, 0.1) is 0 Å². The van der Waals surface area contributed by atoms with Crippen LogP contribution in [0.4, 0.5) is 4.39 Å². The van der Waals surface area contributed by atoms with E-state index in [0.717, 1.165) is 5.56 Å². The van der Waals surface area contributed by atoms with Crippen LogP contribution in [0.2, 0.25) is 0 Å². The summed E-state index contributed by atoms with van der Waals surface area (Å²) < 4.78 is 23.8. The van der Waals surface area contributed by atoms with Gasteiger partial charge in [-0.2, -0.15) is 0 Å². The average Bonchev–Trinajstić information content (AvgIpc) is 2.95. The molecule has 0 atom stereocenters. The highest BCUT2D eigenvalue weighted by atomic mass is 19.1. The number of aliphatic imine (C=N–C) groups is 1. The molecular weight excluding hydrogens is 309 g/mol. The summed E-state index contributed by atoms with van der Waals surface area (Å²) in [7, 11) is 0. The smallest absolute Gasteiger partial charge is 0.363 e. The van der Waals surface area contributed by atoms with Gasteiger partial charge in [-0.25, -0.2) is 14.2 Å². The Morgan fingerprint density at radius 1 is 1.21 bits per heavy atom. The van der Waals surface area contributed by atoms with Crippen molar-refractivity contribution in [3.63, 3.8) is 0 Å². The SMILES string of the molecule is C=CCOc1ccc(/C=C2\N=C(c3cccc(F)c3)OC2=O)cc1. The summed E-state index contributed by atoms with van der Waals surface area (Å²) in [5, 5.41) is 0. The number of halogens is 1. The summed E-state index contributed by atoms with van der Waals surface area (Å²) in [6, 6.07) is 12.9. The maximum atomic E-state index is 13.3. The van der Waals surface area contributed by atoms with Crippen molar-refractivity contribution in [3.05, 3.63) is 83.8 Å². The molecule has 1 aliphatic rings. The first-order chi connectivity index (χ1) is 11.7. The van der Waals surface area contributed by atoms with Crippen LogP contribution in [0.25, 0.3) is 6.08 Å². The number of hydrogen-bond acceptors (Lipinski definition) is 4. The number of carbonyl (C=O) groups excluding carboxylic acids is 1. The van der Waals surface area contributed by atoms with Gasteiger partial charge in [0.2, 0.25) is 5.90 Å². The number of carbonyl (C=O) groups is 1. The molecule has 0 bridgehead atoms. The Morgan fingerprint density at radius 3 is 2.71 bits per heavy atom. The largest absolute Gasteiger partial charge is 0.490 e. The lowest BCUT2D eigenvalue weighted by molar-refractivity contribution is -0.129. The molecular formula is C19H14FNO3. The number of hydrogen-bond donors (Lipinski definition) is 0. The molecule has 0 fully saturated rings. The number of cyclic esters (lactones) is 1. The van der Waals surface area contributed by atoms with E-state index in [1.165, 1.54) is 18.2 Å². The van der Waals surface area contributed by atoms with E-state index in [1.54, 1.807) is 42.5 Å². The fraction of sp³-hybridized carbons (Fsp3) is 0.0526. The van der Waals surface area contributed by atoms with Crippen LogP contribution in [0, 0.1) is 5.82 Å². The van der Waals surface area contributed by atoms with Crippen LogP contribution in [0.15, 0.2) is 71.9 Å². The van der Waals surface area contributed by atoms with E-state index in [9.17, 15) is 9.18 Å². The Balaban J connectivity index is 1.82. The van der Waals surface area contributed by atoms with Gasteiger partial charge in [-0.05, 0) is 42.0 Å². The zero-order chi connectivity index (χ0) is 16.9. The van der Waals surface area contributed by atoms with E-state index < -0.39 is 11.8 Å². The molecule has 2 aromatic carbocycles. The third-order valence-corrected chi connectivity index (χ3v) is 3.24. The molecule has 24 heavy (non-hydrogen) atoms. The summed E-state index contributed by atoms with van der Waals surface area (Å²) in [6.07, 6.45) is 3.26. The van der Waals surface area contributed by atoms with E-state index in [-0.39, 0.29) is 11.6 Å². The van der Waals surface area contributed by atoms with Crippen LogP contribution in [-0.4, -0.2) is 18.5 Å². The molecule has 0 spiro atoms. The molecule has 1 aliphatic heterocycles. The van der Waals surface area contributed by atoms with Gasteiger partial charge in [0, 0.05) is 5.56 Å². The second kappa shape index (κ2) is 6.91. The van der Waals surface area contributed by atoms with E-state index in [1.807, 2.05) is 0 Å². The first-order valence-corrected chi connectivity index (χ1v) is 7.28. The fourth-order valence-corrected chi connectivity index (χ4v) is 2.13. The molecule has 5 heteroatoms. The Morgan fingerprint density at radius 2 is 2.00 bits per heavy atom. The molecule has 0 saturated heterocycles. The summed E-state index contributed by atoms with van der Waals surface area (Å²) in [5.74, 6) is -0.188. The van der Waals surface area contributed by atoms with E-state index >= 15 is 0 Å². The topological polar surface area (TPSA) is 47.9 Å². The highest BCUT2D eigenvalue weighted by Crippen LogP contribution is 2.21. The van der Waals surface area contributed by atoms with Crippen LogP contribution >= 0.6 is 0 Å². The minimum atomic E-state index is -0.568. The van der Waals surface area contributed by atoms with Crippen molar-refractivity contribution in [1.29, 1.82) is 0 Å². The summed E-state index contributed by atoms with van der Waals surface area (Å²) in [5.41, 5.74) is 1.35. The molecule has 0 aliphatic carbocycles. The minimum absolute atomic E-state index is 0.0942. The highest BCUT2D eigenvalue weighted by Gasteiger charge is 2.24. The zero-order valence-corrected chi connectivity index (χ0v) is 12.7. The van der Waals surface area contributed by atoms with E-state index in [0.29, 0.717) is 17.9 Å². The van der Waals surface area contributed by atoms with Crippen LogP contribution in [0.5, 0.6) is 5.75 Å². The number of esters is 1. The molecule has 0 saturated carbocycles. The van der Waals surface area contributed by atoms with Crippen molar-refractivity contribution in [3.8, 4) is 5.75 Å². The quantitative estimate of drug-likeness (QED) is 0.478. The summed E-state index contributed by atoms with van der Waals surface area (Å²) in [4.78, 5) is 16.1. The predicted octanol–water partition coefficient (Wildman–Crippen LogP) is 3.74. The fourth-order valence-electron chi connectivity index (χ4n) is 2.13. The lowest BCUT2D eigenvalue weighted by atomic mass is 10.2. The van der Waals surface area contributed by atoms with Gasteiger partial charge in [-0.3, -0.25) is 0 Å². The number of ether oxygens (including phenoxy) is 2. The van der Waals surface area contributed by atoms with Crippen molar-refractivity contribution in [1.82, 2.24) is 0 Å². The van der Waals surface area contributed by atoms with Crippen molar-refractivity contribution in [2.45, 2.75) is 0 Å². The van der Waals surface area contributed by atoms with Crippen LogP contribution < -0.4 is 4.74 Å². The Bertz CT molecular complexity index is 838. The second-order valence-corrected chi connectivity index (χ2v) is 5.02. The molecule has 0 N–H and O–H groups in total. The van der Waals surface area contributed by atoms with Gasteiger partial charge in [0.15, 0.2) is 5.70 Å². The maximum Gasteiger partial charge on any atom is 0.363 e. The van der Waals surface area contributed by atoms with E-state index in [4.69, 9.17) is 9.47 Å². The summed E-state index contributed by atoms with van der Waals surface area (Å²) >= 11 is 0. The number of rotatable bonds is 5. The molecule has 3 rings (SSSR count). The molecule has 4 nitrogen and oxygen atoms in total. The van der Waals surface area contributed by atoms with Crippen LogP contribution in [0.3, 0.4) is 0 Å². The minimum Gasteiger partial charge on any atom is -0.490 e. The molecule has 1 heterocycles. The Hall–Kier alpha value is -3.21. The average molecular weight is 323 g/mol. The Labute approximate surface area is 138 Å². The van der Waals surface area contributed by atoms with Crippen molar-refractivity contribution in [2.24, 2.45) is 4.99 Å². The molecule has 0 amide bonds. The first-order valence-electron chi connectivity index (χ1n) is 7.28. The Kier molecular flexibility index (Phi) is 4.52. The normalized spacial score (nSPS) is 15.1. The van der Waals surface area contributed by atoms with Gasteiger partial charge in [-0.15, -0.1) is 0 Å². The summed E-state index contributed by atoms with van der Waals surface area (Å²) in [6.45, 7) is 4.01. The van der Waals surface area contributed by atoms with Crippen molar-refractivity contribution < 1.29 is 18.7 Å². The molecule has 0 radical (unpaired) electrons. The number of benzene rings is 2. The van der Waals surface area contributed by atoms with Crippen LogP contribution in [0.1, 0.15) is 11.1 Å². The lowest BCUT2D eigenvalue weighted by Gasteiger charge is -2.02. The molecule has 0 unspecified atom stereocenters. The van der Waals surface area contributed by atoms with Crippen molar-refractivity contribution in [2.75, 3.05) is 6.61 Å². The standard InChI is InChI=1S/C19H14FNO3/c1-2-10-23-16-8-6-13(7-9-16)11-17-19(22)24-18(21-17)14-4-3-5-15(20)12-14/h2-9,11-12H,1,10H2/b17-11-. The third-order valence-electron chi connectivity index (χ3n) is 3.24. The molecule has 2 aromatic rings. The van der Waals surface area contributed by atoms with E-state index in [2.05, 4.69) is 11.6 Å².